The highest BCUT2D eigenvalue weighted by molar-refractivity contribution is 6.14. The van der Waals surface area contributed by atoms with Crippen LogP contribution in [0, 0.1) is 0 Å². The van der Waals surface area contributed by atoms with Crippen molar-refractivity contribution >= 4 is 29.3 Å². The van der Waals surface area contributed by atoms with Gasteiger partial charge in [0.05, 0.1) is 11.3 Å². The summed E-state index contributed by atoms with van der Waals surface area (Å²) in [5.74, 6) is 1.24. The predicted molar refractivity (Wildman–Crippen MR) is 156 cm³/mol. The number of rotatable bonds is 7. The summed E-state index contributed by atoms with van der Waals surface area (Å²) < 4.78 is 0. The van der Waals surface area contributed by atoms with Crippen LogP contribution in [0.3, 0.4) is 0 Å². The molecule has 1 aromatic heterocycles. The monoisotopic (exact) mass is 530 g/mol. The molecule has 5 rings (SSSR count). The van der Waals surface area contributed by atoms with E-state index in [4.69, 9.17) is 9.98 Å². The maximum absolute atomic E-state index is 13.4. The zero-order chi connectivity index (χ0) is 27.7. The predicted octanol–water partition coefficient (Wildman–Crippen LogP) is 2.48. The number of pyridine rings is 1. The Bertz CT molecular complexity index is 1270. The van der Waals surface area contributed by atoms with E-state index >= 15 is 0 Å². The quantitative estimate of drug-likeness (QED) is 0.528. The van der Waals surface area contributed by atoms with Gasteiger partial charge in [-0.05, 0) is 57.3 Å². The Kier molecular flexibility index (Phi) is 7.33. The fourth-order valence-corrected chi connectivity index (χ4v) is 5.08. The molecule has 0 bridgehead atoms. The number of nitrogens with one attached hydrogen (secondary N) is 1. The highest BCUT2D eigenvalue weighted by Gasteiger charge is 2.38. The minimum Gasteiger partial charge on any atom is -0.384 e. The van der Waals surface area contributed by atoms with Crippen LogP contribution in [0.2, 0.25) is 0 Å². The van der Waals surface area contributed by atoms with Crippen LogP contribution in [0.5, 0.6) is 0 Å². The van der Waals surface area contributed by atoms with E-state index in [1.54, 1.807) is 37.1 Å². The van der Waals surface area contributed by atoms with Gasteiger partial charge in [0.25, 0.3) is 5.91 Å². The summed E-state index contributed by atoms with van der Waals surface area (Å²) in [6.45, 7) is 12.1. The molecule has 0 saturated carbocycles. The Morgan fingerprint density at radius 2 is 1.82 bits per heavy atom. The number of anilines is 3. The Morgan fingerprint density at radius 3 is 2.49 bits per heavy atom. The van der Waals surface area contributed by atoms with Gasteiger partial charge in [0.1, 0.15) is 23.9 Å². The third kappa shape index (κ3) is 5.48. The van der Waals surface area contributed by atoms with Gasteiger partial charge < -0.3 is 30.0 Å². The SMILES string of the molecule is C=CCN1CN(c2cccc(C(C)(C)O)n2)C2=C(C=NC(Nc3ccc(N4CCN(C)CC4)cc3)N2C)C1=O. The molecule has 3 aliphatic heterocycles. The molecule has 1 unspecified atom stereocenters. The van der Waals surface area contributed by atoms with Crippen LogP contribution >= 0.6 is 0 Å². The lowest BCUT2D eigenvalue weighted by atomic mass is 10.0. The van der Waals surface area contributed by atoms with Crippen LogP contribution in [0.1, 0.15) is 19.5 Å². The van der Waals surface area contributed by atoms with Gasteiger partial charge in [0.15, 0.2) is 6.29 Å². The second kappa shape index (κ2) is 10.7. The molecule has 2 aromatic rings. The smallest absolute Gasteiger partial charge is 0.260 e. The number of aromatic nitrogens is 1. The fraction of sp³-hybridized carbons (Fsp3) is 0.414. The average Bonchev–Trinajstić information content (AvgIpc) is 2.92. The number of piperazine rings is 1. The lowest BCUT2D eigenvalue weighted by molar-refractivity contribution is -0.127. The first kappa shape index (κ1) is 26.7. The standard InChI is InChI=1S/C29H38N8O2/c1-6-14-36-20-37(25-9-7-8-24(32-25)29(2,3)39)26-23(27(36)38)19-30-28(34(26)5)31-21-10-12-22(13-11-21)35-17-15-33(4)16-18-35/h6-13,19,28,31,39H,1,14-18,20H2,2-5H3. The van der Waals surface area contributed by atoms with Crippen molar-refractivity contribution in [1.29, 1.82) is 0 Å². The second-order valence-corrected chi connectivity index (χ2v) is 10.8. The highest BCUT2D eigenvalue weighted by atomic mass is 16.3. The zero-order valence-electron chi connectivity index (χ0n) is 23.2. The van der Waals surface area contributed by atoms with E-state index in [1.165, 1.54) is 5.69 Å². The number of amides is 1. The van der Waals surface area contributed by atoms with Crippen LogP contribution in [0.4, 0.5) is 17.2 Å². The number of nitrogens with zero attached hydrogens (tertiary/aromatic N) is 7. The van der Waals surface area contributed by atoms with E-state index in [1.807, 2.05) is 29.0 Å². The van der Waals surface area contributed by atoms with Gasteiger partial charge in [-0.2, -0.15) is 0 Å². The summed E-state index contributed by atoms with van der Waals surface area (Å²) in [7, 11) is 4.08. The van der Waals surface area contributed by atoms with E-state index in [0.717, 1.165) is 31.9 Å². The molecule has 0 aliphatic carbocycles. The number of hydrogen-bond acceptors (Lipinski definition) is 9. The molecule has 1 fully saturated rings. The second-order valence-electron chi connectivity index (χ2n) is 10.8. The molecule has 1 amide bonds. The molecular weight excluding hydrogens is 492 g/mol. The van der Waals surface area contributed by atoms with Gasteiger partial charge in [-0.25, -0.2) is 9.98 Å². The van der Waals surface area contributed by atoms with Crippen molar-refractivity contribution < 1.29 is 9.90 Å². The molecule has 0 spiro atoms. The van der Waals surface area contributed by atoms with Crippen LogP contribution in [0.25, 0.3) is 0 Å². The molecule has 2 N–H and O–H groups in total. The molecule has 206 valence electrons. The number of aliphatic imine (C=N–C) groups is 1. The van der Waals surface area contributed by atoms with Crippen molar-refractivity contribution in [3.63, 3.8) is 0 Å². The van der Waals surface area contributed by atoms with E-state index in [-0.39, 0.29) is 5.91 Å². The van der Waals surface area contributed by atoms with Crippen molar-refractivity contribution in [3.05, 3.63) is 72.2 Å². The summed E-state index contributed by atoms with van der Waals surface area (Å²) >= 11 is 0. The van der Waals surface area contributed by atoms with Crippen LogP contribution < -0.4 is 15.1 Å². The minimum absolute atomic E-state index is 0.106. The maximum atomic E-state index is 13.4. The van der Waals surface area contributed by atoms with E-state index < -0.39 is 11.9 Å². The normalized spacial score (nSPS) is 20.4. The third-order valence-corrected chi connectivity index (χ3v) is 7.39. The van der Waals surface area contributed by atoms with Crippen molar-refractivity contribution in [1.82, 2.24) is 19.7 Å². The molecular formula is C29H38N8O2. The number of hydrogen-bond donors (Lipinski definition) is 2. The molecule has 1 aromatic carbocycles. The van der Waals surface area contributed by atoms with Crippen molar-refractivity contribution in [3.8, 4) is 0 Å². The van der Waals surface area contributed by atoms with Crippen molar-refractivity contribution in [2.75, 3.05) is 68.6 Å². The van der Waals surface area contributed by atoms with E-state index in [2.05, 4.69) is 53.0 Å². The Hall–Kier alpha value is -3.89. The van der Waals surface area contributed by atoms with Gasteiger partial charge in [0, 0.05) is 57.4 Å². The van der Waals surface area contributed by atoms with Gasteiger partial charge in [-0.15, -0.1) is 6.58 Å². The largest absolute Gasteiger partial charge is 0.384 e. The minimum atomic E-state index is -1.10. The van der Waals surface area contributed by atoms with Crippen molar-refractivity contribution in [2.45, 2.75) is 25.7 Å². The zero-order valence-corrected chi connectivity index (χ0v) is 23.2. The third-order valence-electron chi connectivity index (χ3n) is 7.39. The molecule has 4 heterocycles. The summed E-state index contributed by atoms with van der Waals surface area (Å²) in [4.78, 5) is 33.2. The summed E-state index contributed by atoms with van der Waals surface area (Å²) in [6.07, 6.45) is 2.94. The first-order chi connectivity index (χ1) is 18.7. The molecule has 39 heavy (non-hydrogen) atoms. The lowest BCUT2D eigenvalue weighted by Crippen LogP contribution is -2.55. The van der Waals surface area contributed by atoms with Gasteiger partial charge in [-0.1, -0.05) is 12.1 Å². The van der Waals surface area contributed by atoms with Crippen LogP contribution in [-0.2, 0) is 10.4 Å². The number of carbonyl (C=O) groups is 1. The van der Waals surface area contributed by atoms with Crippen LogP contribution in [-0.4, -0.2) is 96.7 Å². The fourth-order valence-electron chi connectivity index (χ4n) is 5.08. The first-order valence-electron chi connectivity index (χ1n) is 13.3. The molecule has 1 atom stereocenters. The summed E-state index contributed by atoms with van der Waals surface area (Å²) in [6, 6.07) is 14.0. The maximum Gasteiger partial charge on any atom is 0.260 e. The van der Waals surface area contributed by atoms with E-state index in [9.17, 15) is 9.90 Å². The lowest BCUT2D eigenvalue weighted by Gasteiger charge is -2.45. The molecule has 0 radical (unpaired) electrons. The average molecular weight is 531 g/mol. The number of aliphatic hydroxyl groups is 1. The first-order valence-corrected chi connectivity index (χ1v) is 13.3. The molecule has 10 heteroatoms. The number of benzene rings is 1. The number of likely N-dealkylation sites (N-methyl/N-ethyl adjacent to an activating group) is 1. The summed E-state index contributed by atoms with van der Waals surface area (Å²) in [5.41, 5.74) is 2.10. The van der Waals surface area contributed by atoms with E-state index in [0.29, 0.717) is 36.1 Å². The van der Waals surface area contributed by atoms with Gasteiger partial charge in [-0.3, -0.25) is 9.69 Å². The molecule has 10 nitrogen and oxygen atoms in total. The molecule has 1 saturated heterocycles. The van der Waals surface area contributed by atoms with Crippen LogP contribution in [0.15, 0.2) is 71.5 Å². The van der Waals surface area contributed by atoms with Gasteiger partial charge >= 0.3 is 0 Å². The Labute approximate surface area is 230 Å². The molecule has 3 aliphatic rings. The topological polar surface area (TPSA) is 90.8 Å². The van der Waals surface area contributed by atoms with Crippen molar-refractivity contribution in [2.24, 2.45) is 4.99 Å². The Morgan fingerprint density at radius 1 is 1.10 bits per heavy atom. The Balaban J connectivity index is 1.40. The summed E-state index contributed by atoms with van der Waals surface area (Å²) in [5, 5.41) is 14.1. The highest BCUT2D eigenvalue weighted by Crippen LogP contribution is 2.32. The van der Waals surface area contributed by atoms with Gasteiger partial charge in [0.2, 0.25) is 0 Å². The number of carbonyl (C=O) groups excluding carboxylic acids is 1.